The van der Waals surface area contributed by atoms with Crippen LogP contribution in [0.4, 0.5) is 0 Å². The minimum absolute atomic E-state index is 0.120. The molecule has 2 N–H and O–H groups in total. The molecule has 1 saturated heterocycles. The summed E-state index contributed by atoms with van der Waals surface area (Å²) in [6.45, 7) is 5.00. The van der Waals surface area contributed by atoms with Gasteiger partial charge < -0.3 is 10.6 Å². The highest BCUT2D eigenvalue weighted by Crippen LogP contribution is 2.13. The Balaban J connectivity index is 1.93. The number of hydrogen-bond donors (Lipinski definition) is 1. The second-order valence-corrected chi connectivity index (χ2v) is 5.35. The lowest BCUT2D eigenvalue weighted by atomic mass is 10.2. The first-order valence-electron chi connectivity index (χ1n) is 6.18. The molecule has 0 bridgehead atoms. The Labute approximate surface area is 116 Å². The fourth-order valence-electron chi connectivity index (χ4n) is 2.13. The van der Waals surface area contributed by atoms with Gasteiger partial charge in [-0.2, -0.15) is 0 Å². The number of amides is 1. The molecule has 0 aliphatic carbocycles. The lowest BCUT2D eigenvalue weighted by Gasteiger charge is -2.34. The van der Waals surface area contributed by atoms with Gasteiger partial charge in [0, 0.05) is 49.3 Å². The number of benzene rings is 1. The van der Waals surface area contributed by atoms with Crippen molar-refractivity contribution in [3.05, 3.63) is 34.3 Å². The highest BCUT2D eigenvalue weighted by Gasteiger charge is 2.21. The average Bonchev–Trinajstić information content (AvgIpc) is 2.40. The third-order valence-electron chi connectivity index (χ3n) is 3.20. The fraction of sp³-hybridized carbons (Fsp3) is 0.462. The molecule has 0 saturated carbocycles. The van der Waals surface area contributed by atoms with Crippen molar-refractivity contribution in [1.82, 2.24) is 9.80 Å². The van der Waals surface area contributed by atoms with Crippen molar-refractivity contribution in [3.63, 3.8) is 0 Å². The average molecular weight is 312 g/mol. The molecule has 0 aromatic heterocycles. The van der Waals surface area contributed by atoms with Gasteiger partial charge in [0.05, 0.1) is 0 Å². The van der Waals surface area contributed by atoms with Crippen LogP contribution in [0.25, 0.3) is 0 Å². The fourth-order valence-corrected chi connectivity index (χ4v) is 2.40. The second kappa shape index (κ2) is 6.31. The van der Waals surface area contributed by atoms with Crippen molar-refractivity contribution in [2.45, 2.75) is 0 Å². The van der Waals surface area contributed by atoms with E-state index in [2.05, 4.69) is 20.8 Å². The van der Waals surface area contributed by atoms with E-state index in [1.807, 2.05) is 29.2 Å². The zero-order valence-electron chi connectivity index (χ0n) is 10.3. The van der Waals surface area contributed by atoms with E-state index in [4.69, 9.17) is 5.73 Å². The molecule has 1 aromatic carbocycles. The number of nitrogens with two attached hydrogens (primary N) is 1. The Morgan fingerprint density at radius 1 is 1.17 bits per heavy atom. The van der Waals surface area contributed by atoms with Gasteiger partial charge in [0.1, 0.15) is 0 Å². The number of piperazine rings is 1. The molecule has 0 radical (unpaired) electrons. The molecule has 1 aliphatic heterocycles. The van der Waals surface area contributed by atoms with E-state index in [9.17, 15) is 4.79 Å². The largest absolute Gasteiger partial charge is 0.336 e. The lowest BCUT2D eigenvalue weighted by Crippen LogP contribution is -2.49. The Morgan fingerprint density at radius 3 is 2.33 bits per heavy atom. The molecule has 98 valence electrons. The Hall–Kier alpha value is -0.910. The van der Waals surface area contributed by atoms with Gasteiger partial charge in [-0.3, -0.25) is 9.69 Å². The van der Waals surface area contributed by atoms with Crippen LogP contribution in [0.2, 0.25) is 0 Å². The maximum atomic E-state index is 12.2. The van der Waals surface area contributed by atoms with Crippen LogP contribution in [0.3, 0.4) is 0 Å². The van der Waals surface area contributed by atoms with Crippen molar-refractivity contribution in [1.29, 1.82) is 0 Å². The molecule has 1 heterocycles. The summed E-state index contributed by atoms with van der Waals surface area (Å²) in [4.78, 5) is 16.5. The minimum Gasteiger partial charge on any atom is -0.336 e. The molecule has 0 unspecified atom stereocenters. The van der Waals surface area contributed by atoms with Crippen LogP contribution in [-0.2, 0) is 0 Å². The first kappa shape index (κ1) is 13.5. The second-order valence-electron chi connectivity index (χ2n) is 4.43. The third-order valence-corrected chi connectivity index (χ3v) is 3.72. The van der Waals surface area contributed by atoms with Crippen LogP contribution in [0.1, 0.15) is 10.4 Å². The van der Waals surface area contributed by atoms with Gasteiger partial charge in [-0.05, 0) is 24.3 Å². The minimum atomic E-state index is 0.120. The number of carbonyl (C=O) groups is 1. The van der Waals surface area contributed by atoms with Crippen LogP contribution in [0.5, 0.6) is 0 Å². The van der Waals surface area contributed by atoms with E-state index >= 15 is 0 Å². The number of nitrogens with zero attached hydrogens (tertiary/aromatic N) is 2. The van der Waals surface area contributed by atoms with Gasteiger partial charge in [-0.15, -0.1) is 0 Å². The maximum Gasteiger partial charge on any atom is 0.253 e. The summed E-state index contributed by atoms with van der Waals surface area (Å²) in [5.41, 5.74) is 6.29. The summed E-state index contributed by atoms with van der Waals surface area (Å²) in [5, 5.41) is 0. The third kappa shape index (κ3) is 3.31. The summed E-state index contributed by atoms with van der Waals surface area (Å²) >= 11 is 3.37. The van der Waals surface area contributed by atoms with E-state index in [0.717, 1.165) is 42.8 Å². The molecule has 1 aromatic rings. The summed E-state index contributed by atoms with van der Waals surface area (Å²) in [6, 6.07) is 7.52. The zero-order valence-corrected chi connectivity index (χ0v) is 11.9. The normalized spacial score (nSPS) is 16.9. The zero-order chi connectivity index (χ0) is 13.0. The van der Waals surface area contributed by atoms with Gasteiger partial charge >= 0.3 is 0 Å². The first-order chi connectivity index (χ1) is 8.70. The van der Waals surface area contributed by atoms with E-state index in [1.165, 1.54) is 0 Å². The summed E-state index contributed by atoms with van der Waals surface area (Å²) in [5.74, 6) is 0.120. The van der Waals surface area contributed by atoms with Crippen LogP contribution in [0.15, 0.2) is 28.7 Å². The molecule has 1 fully saturated rings. The lowest BCUT2D eigenvalue weighted by molar-refractivity contribution is 0.0641. The maximum absolute atomic E-state index is 12.2. The summed E-state index contributed by atoms with van der Waals surface area (Å²) in [6.07, 6.45) is 0. The Morgan fingerprint density at radius 2 is 1.78 bits per heavy atom. The number of rotatable bonds is 3. The number of hydrogen-bond acceptors (Lipinski definition) is 3. The highest BCUT2D eigenvalue weighted by molar-refractivity contribution is 9.10. The molecule has 5 heteroatoms. The van der Waals surface area contributed by atoms with Crippen molar-refractivity contribution in [2.24, 2.45) is 5.73 Å². The van der Waals surface area contributed by atoms with E-state index < -0.39 is 0 Å². The molecule has 18 heavy (non-hydrogen) atoms. The molecule has 0 spiro atoms. The van der Waals surface area contributed by atoms with Crippen LogP contribution in [0, 0.1) is 0 Å². The Bertz CT molecular complexity index is 399. The van der Waals surface area contributed by atoms with E-state index in [-0.39, 0.29) is 5.91 Å². The van der Waals surface area contributed by atoms with Gasteiger partial charge in [0.25, 0.3) is 5.91 Å². The molecular weight excluding hydrogens is 294 g/mol. The summed E-state index contributed by atoms with van der Waals surface area (Å²) in [7, 11) is 0. The standard InChI is InChI=1S/C13H18BrN3O/c14-12-3-1-11(2-4-12)13(18)17-9-7-16(6-5-15)8-10-17/h1-4H,5-10,15H2. The van der Waals surface area contributed by atoms with Gasteiger partial charge in [-0.1, -0.05) is 15.9 Å². The molecule has 2 rings (SSSR count). The molecule has 0 atom stereocenters. The highest BCUT2D eigenvalue weighted by atomic mass is 79.9. The van der Waals surface area contributed by atoms with Crippen molar-refractivity contribution < 1.29 is 4.79 Å². The SMILES string of the molecule is NCCN1CCN(C(=O)c2ccc(Br)cc2)CC1. The van der Waals surface area contributed by atoms with E-state index in [0.29, 0.717) is 6.54 Å². The predicted molar refractivity (Wildman–Crippen MR) is 75.5 cm³/mol. The molecule has 1 aliphatic rings. The monoisotopic (exact) mass is 311 g/mol. The topological polar surface area (TPSA) is 49.6 Å². The number of halogens is 1. The number of carbonyl (C=O) groups excluding carboxylic acids is 1. The van der Waals surface area contributed by atoms with Crippen molar-refractivity contribution in [2.75, 3.05) is 39.3 Å². The molecule has 4 nitrogen and oxygen atoms in total. The van der Waals surface area contributed by atoms with Crippen LogP contribution < -0.4 is 5.73 Å². The van der Waals surface area contributed by atoms with Gasteiger partial charge in [-0.25, -0.2) is 0 Å². The first-order valence-corrected chi connectivity index (χ1v) is 6.97. The van der Waals surface area contributed by atoms with Gasteiger partial charge in [0.2, 0.25) is 0 Å². The van der Waals surface area contributed by atoms with Gasteiger partial charge in [0.15, 0.2) is 0 Å². The van der Waals surface area contributed by atoms with E-state index in [1.54, 1.807) is 0 Å². The quantitative estimate of drug-likeness (QED) is 0.911. The van der Waals surface area contributed by atoms with Crippen molar-refractivity contribution in [3.8, 4) is 0 Å². The Kier molecular flexibility index (Phi) is 4.74. The predicted octanol–water partition coefficient (Wildman–Crippen LogP) is 1.17. The molecular formula is C13H18BrN3O. The summed E-state index contributed by atoms with van der Waals surface area (Å²) < 4.78 is 0.992. The molecule has 1 amide bonds. The smallest absolute Gasteiger partial charge is 0.253 e. The van der Waals surface area contributed by atoms with Crippen LogP contribution >= 0.6 is 15.9 Å². The van der Waals surface area contributed by atoms with Crippen molar-refractivity contribution >= 4 is 21.8 Å². The van der Waals surface area contributed by atoms with Crippen LogP contribution in [-0.4, -0.2) is 55.0 Å².